The SMILES string of the molecule is CC(C)NCc1ncc(C2CCCC2(C)C)o1. The van der Waals surface area contributed by atoms with Gasteiger partial charge in [0.2, 0.25) is 5.89 Å². The zero-order chi connectivity index (χ0) is 12.5. The van der Waals surface area contributed by atoms with Gasteiger partial charge in [0, 0.05) is 12.0 Å². The molecule has 0 saturated heterocycles. The minimum absolute atomic E-state index is 0.363. The molecule has 3 heteroatoms. The monoisotopic (exact) mass is 236 g/mol. The fourth-order valence-corrected chi connectivity index (χ4v) is 2.71. The second-order valence-corrected chi connectivity index (χ2v) is 6.13. The molecule has 0 aliphatic heterocycles. The van der Waals surface area contributed by atoms with Crippen molar-refractivity contribution in [1.82, 2.24) is 10.3 Å². The van der Waals surface area contributed by atoms with E-state index in [9.17, 15) is 0 Å². The Kier molecular flexibility index (Phi) is 3.57. The zero-order valence-corrected chi connectivity index (χ0v) is 11.4. The van der Waals surface area contributed by atoms with Crippen LogP contribution in [0, 0.1) is 5.41 Å². The number of hydrogen-bond donors (Lipinski definition) is 1. The van der Waals surface area contributed by atoms with Gasteiger partial charge in [0.05, 0.1) is 12.7 Å². The Labute approximate surface area is 104 Å². The maximum Gasteiger partial charge on any atom is 0.208 e. The van der Waals surface area contributed by atoms with Crippen molar-refractivity contribution in [2.24, 2.45) is 5.41 Å². The van der Waals surface area contributed by atoms with Crippen LogP contribution in [-0.4, -0.2) is 11.0 Å². The lowest BCUT2D eigenvalue weighted by atomic mass is 9.81. The number of oxazole rings is 1. The van der Waals surface area contributed by atoms with Crippen LogP contribution in [0.3, 0.4) is 0 Å². The van der Waals surface area contributed by atoms with Crippen LogP contribution in [0.5, 0.6) is 0 Å². The van der Waals surface area contributed by atoms with Gasteiger partial charge in [-0.15, -0.1) is 0 Å². The van der Waals surface area contributed by atoms with Crippen LogP contribution in [0.2, 0.25) is 0 Å². The quantitative estimate of drug-likeness (QED) is 0.870. The van der Waals surface area contributed by atoms with Crippen molar-refractivity contribution in [3.05, 3.63) is 17.8 Å². The molecule has 0 spiro atoms. The molecule has 1 aliphatic carbocycles. The normalized spacial score (nSPS) is 23.5. The molecule has 17 heavy (non-hydrogen) atoms. The van der Waals surface area contributed by atoms with Crippen molar-refractivity contribution in [1.29, 1.82) is 0 Å². The minimum atomic E-state index is 0.363. The second-order valence-electron chi connectivity index (χ2n) is 6.13. The molecule has 3 nitrogen and oxygen atoms in total. The van der Waals surface area contributed by atoms with E-state index in [2.05, 4.69) is 38.0 Å². The third-order valence-electron chi connectivity index (χ3n) is 3.83. The molecule has 0 bridgehead atoms. The Balaban J connectivity index is 2.03. The van der Waals surface area contributed by atoms with Crippen molar-refractivity contribution in [3.63, 3.8) is 0 Å². The summed E-state index contributed by atoms with van der Waals surface area (Å²) in [5.41, 5.74) is 0.363. The predicted molar refractivity (Wildman–Crippen MR) is 68.9 cm³/mol. The van der Waals surface area contributed by atoms with Gasteiger partial charge in [-0.3, -0.25) is 0 Å². The summed E-state index contributed by atoms with van der Waals surface area (Å²) in [6, 6.07) is 0.466. The highest BCUT2D eigenvalue weighted by molar-refractivity contribution is 5.09. The lowest BCUT2D eigenvalue weighted by Gasteiger charge is -2.24. The third kappa shape index (κ3) is 2.89. The number of nitrogens with one attached hydrogen (secondary N) is 1. The van der Waals surface area contributed by atoms with Crippen LogP contribution in [0.1, 0.15) is 64.5 Å². The molecule has 0 amide bonds. The summed E-state index contributed by atoms with van der Waals surface area (Å²) in [7, 11) is 0. The molecule has 1 unspecified atom stereocenters. The van der Waals surface area contributed by atoms with Gasteiger partial charge in [-0.05, 0) is 18.3 Å². The smallest absolute Gasteiger partial charge is 0.208 e. The Bertz CT molecular complexity index is 368. The molecule has 1 N–H and O–H groups in total. The maximum absolute atomic E-state index is 5.88. The molecule has 0 radical (unpaired) electrons. The molecule has 0 aromatic carbocycles. The molecule has 1 saturated carbocycles. The Hall–Kier alpha value is -0.830. The fraction of sp³-hybridized carbons (Fsp3) is 0.786. The van der Waals surface area contributed by atoms with E-state index < -0.39 is 0 Å². The van der Waals surface area contributed by atoms with Gasteiger partial charge in [-0.2, -0.15) is 0 Å². The first-order valence-corrected chi connectivity index (χ1v) is 6.67. The van der Waals surface area contributed by atoms with E-state index in [0.717, 1.165) is 18.2 Å². The van der Waals surface area contributed by atoms with Crippen molar-refractivity contribution < 1.29 is 4.42 Å². The molecule has 2 rings (SSSR count). The van der Waals surface area contributed by atoms with Crippen LogP contribution in [0.4, 0.5) is 0 Å². The van der Waals surface area contributed by atoms with Crippen LogP contribution in [0.15, 0.2) is 10.6 Å². The van der Waals surface area contributed by atoms with Gasteiger partial charge >= 0.3 is 0 Å². The minimum Gasteiger partial charge on any atom is -0.444 e. The predicted octanol–water partition coefficient (Wildman–Crippen LogP) is 3.47. The van der Waals surface area contributed by atoms with Crippen molar-refractivity contribution in [2.45, 2.75) is 65.5 Å². The summed E-state index contributed by atoms with van der Waals surface area (Å²) < 4.78 is 5.88. The third-order valence-corrected chi connectivity index (χ3v) is 3.83. The Morgan fingerprint density at radius 1 is 1.53 bits per heavy atom. The van der Waals surface area contributed by atoms with E-state index in [-0.39, 0.29) is 0 Å². The summed E-state index contributed by atoms with van der Waals surface area (Å²) in [6.45, 7) is 9.65. The molecule has 1 aromatic heterocycles. The summed E-state index contributed by atoms with van der Waals surface area (Å²) >= 11 is 0. The van der Waals surface area contributed by atoms with Gasteiger partial charge in [0.25, 0.3) is 0 Å². The van der Waals surface area contributed by atoms with Crippen molar-refractivity contribution in [3.8, 4) is 0 Å². The lowest BCUT2D eigenvalue weighted by molar-refractivity contribution is 0.285. The van der Waals surface area contributed by atoms with E-state index in [1.165, 1.54) is 19.3 Å². The summed E-state index contributed by atoms with van der Waals surface area (Å²) in [5.74, 6) is 2.44. The highest BCUT2D eigenvalue weighted by atomic mass is 16.4. The molecule has 1 fully saturated rings. The topological polar surface area (TPSA) is 38.1 Å². The molecule has 96 valence electrons. The van der Waals surface area contributed by atoms with Crippen molar-refractivity contribution in [2.75, 3.05) is 0 Å². The average molecular weight is 236 g/mol. The zero-order valence-electron chi connectivity index (χ0n) is 11.4. The Morgan fingerprint density at radius 2 is 2.29 bits per heavy atom. The number of nitrogens with zero attached hydrogens (tertiary/aromatic N) is 1. The van der Waals surface area contributed by atoms with Gasteiger partial charge in [0.1, 0.15) is 5.76 Å². The summed E-state index contributed by atoms with van der Waals surface area (Å²) in [6.07, 6.45) is 5.75. The van der Waals surface area contributed by atoms with Gasteiger partial charge in [-0.1, -0.05) is 34.1 Å². The molecular formula is C14H24N2O. The van der Waals surface area contributed by atoms with Crippen molar-refractivity contribution >= 4 is 0 Å². The summed E-state index contributed by atoms with van der Waals surface area (Å²) in [5, 5.41) is 3.33. The first-order chi connectivity index (χ1) is 7.99. The standard InChI is InChI=1S/C14H24N2O/c1-10(2)15-9-13-16-8-12(17-13)11-6-5-7-14(11,3)4/h8,10-11,15H,5-7,9H2,1-4H3. The average Bonchev–Trinajstić information content (AvgIpc) is 2.80. The van der Waals surface area contributed by atoms with Gasteiger partial charge < -0.3 is 9.73 Å². The highest BCUT2D eigenvalue weighted by Crippen LogP contribution is 2.48. The van der Waals surface area contributed by atoms with Crippen LogP contribution < -0.4 is 5.32 Å². The van der Waals surface area contributed by atoms with Gasteiger partial charge in [0.15, 0.2) is 0 Å². The molecular weight excluding hydrogens is 212 g/mol. The van der Waals surface area contributed by atoms with E-state index >= 15 is 0 Å². The number of hydrogen-bond acceptors (Lipinski definition) is 3. The van der Waals surface area contributed by atoms with E-state index in [0.29, 0.717) is 17.4 Å². The summed E-state index contributed by atoms with van der Waals surface area (Å²) in [4.78, 5) is 4.37. The highest BCUT2D eigenvalue weighted by Gasteiger charge is 2.37. The maximum atomic E-state index is 5.88. The van der Waals surface area contributed by atoms with E-state index in [1.807, 2.05) is 6.20 Å². The van der Waals surface area contributed by atoms with E-state index in [4.69, 9.17) is 4.42 Å². The number of aromatic nitrogens is 1. The fourth-order valence-electron chi connectivity index (χ4n) is 2.71. The molecule has 1 aliphatic rings. The first kappa shape index (κ1) is 12.6. The van der Waals surface area contributed by atoms with Gasteiger partial charge in [-0.25, -0.2) is 4.98 Å². The number of rotatable bonds is 4. The molecule has 1 heterocycles. The van der Waals surface area contributed by atoms with Crippen LogP contribution in [-0.2, 0) is 6.54 Å². The van der Waals surface area contributed by atoms with Crippen LogP contribution in [0.25, 0.3) is 0 Å². The second kappa shape index (κ2) is 4.81. The lowest BCUT2D eigenvalue weighted by Crippen LogP contribution is -2.21. The van der Waals surface area contributed by atoms with E-state index in [1.54, 1.807) is 0 Å². The van der Waals surface area contributed by atoms with Crippen LogP contribution >= 0.6 is 0 Å². The first-order valence-electron chi connectivity index (χ1n) is 6.67. The molecule has 1 atom stereocenters. The molecule has 1 aromatic rings. The Morgan fingerprint density at radius 3 is 2.88 bits per heavy atom. The largest absolute Gasteiger partial charge is 0.444 e.